The molecule has 0 spiro atoms. The Hall–Kier alpha value is -0.360. The topological polar surface area (TPSA) is 52.0 Å². The van der Waals surface area contributed by atoms with Gasteiger partial charge in [0, 0.05) is 24.9 Å². The largest absolute Gasteiger partial charge is 0.330 e. The highest BCUT2D eigenvalue weighted by atomic mass is 19.2. The lowest BCUT2D eigenvalue weighted by Gasteiger charge is -2.38. The Morgan fingerprint density at radius 1 is 0.643 bits per heavy atom. The first-order valence-corrected chi connectivity index (χ1v) is 4.51. The summed E-state index contributed by atoms with van der Waals surface area (Å²) in [6.07, 6.45) is -8.24. The van der Waals surface area contributed by atoms with E-state index in [2.05, 4.69) is 0 Å². The summed E-state index contributed by atoms with van der Waals surface area (Å²) in [6, 6.07) is 0. The Morgan fingerprint density at radius 2 is 0.857 bits per heavy atom. The van der Waals surface area contributed by atoms with Crippen LogP contribution >= 0.6 is 0 Å². The molecule has 6 heteroatoms. The van der Waals surface area contributed by atoms with Gasteiger partial charge in [-0.05, 0) is 0 Å². The van der Waals surface area contributed by atoms with Crippen molar-refractivity contribution >= 4 is 0 Å². The molecular formula is C8H14F4N2. The van der Waals surface area contributed by atoms with Crippen LogP contribution in [0.25, 0.3) is 0 Å². The van der Waals surface area contributed by atoms with E-state index in [1.165, 1.54) is 0 Å². The van der Waals surface area contributed by atoms with E-state index in [1.54, 1.807) is 0 Å². The molecule has 0 heterocycles. The third kappa shape index (κ3) is 1.72. The molecule has 1 rings (SSSR count). The average molecular weight is 214 g/mol. The average Bonchev–Trinajstić information content (AvgIpc) is 2.17. The summed E-state index contributed by atoms with van der Waals surface area (Å²) in [7, 11) is 0. The lowest BCUT2D eigenvalue weighted by molar-refractivity contribution is -0.0718. The highest BCUT2D eigenvalue weighted by molar-refractivity contribution is 4.99. The second-order valence-electron chi connectivity index (χ2n) is 3.58. The molecule has 0 aliphatic heterocycles. The van der Waals surface area contributed by atoms with Crippen LogP contribution in [0.1, 0.15) is 0 Å². The van der Waals surface area contributed by atoms with E-state index >= 15 is 0 Å². The van der Waals surface area contributed by atoms with Crippen LogP contribution in [0.4, 0.5) is 17.6 Å². The maximum absolute atomic E-state index is 13.2. The number of rotatable bonds is 2. The lowest BCUT2D eigenvalue weighted by atomic mass is 9.76. The van der Waals surface area contributed by atoms with Gasteiger partial charge in [-0.1, -0.05) is 0 Å². The summed E-state index contributed by atoms with van der Waals surface area (Å²) < 4.78 is 52.7. The molecule has 4 unspecified atom stereocenters. The normalized spacial score (nSPS) is 49.3. The predicted octanol–water partition coefficient (Wildman–Crippen LogP) is 0.502. The highest BCUT2D eigenvalue weighted by Gasteiger charge is 2.51. The maximum Gasteiger partial charge on any atom is 0.138 e. The number of halogens is 4. The fraction of sp³-hybridized carbons (Fsp3) is 1.00. The zero-order valence-electron chi connectivity index (χ0n) is 7.54. The van der Waals surface area contributed by atoms with Crippen LogP contribution < -0.4 is 11.5 Å². The molecule has 0 radical (unpaired) electrons. The van der Waals surface area contributed by atoms with Gasteiger partial charge >= 0.3 is 0 Å². The minimum atomic E-state index is -2.06. The van der Waals surface area contributed by atoms with Crippen LogP contribution in [-0.2, 0) is 0 Å². The molecule has 1 aliphatic carbocycles. The maximum atomic E-state index is 13.2. The first-order chi connectivity index (χ1) is 6.54. The van der Waals surface area contributed by atoms with Crippen molar-refractivity contribution in [3.8, 4) is 0 Å². The van der Waals surface area contributed by atoms with E-state index in [1.807, 2.05) is 0 Å². The molecule has 0 bridgehead atoms. The van der Waals surface area contributed by atoms with Crippen molar-refractivity contribution in [1.29, 1.82) is 0 Å². The van der Waals surface area contributed by atoms with Gasteiger partial charge in [-0.15, -0.1) is 0 Å². The van der Waals surface area contributed by atoms with Gasteiger partial charge in [0.25, 0.3) is 0 Å². The molecular weight excluding hydrogens is 200 g/mol. The molecule has 4 N–H and O–H groups in total. The Bertz CT molecular complexity index is 156. The van der Waals surface area contributed by atoms with Crippen LogP contribution in [-0.4, -0.2) is 37.8 Å². The lowest BCUT2D eigenvalue weighted by Crippen LogP contribution is -2.56. The first kappa shape index (κ1) is 11.7. The van der Waals surface area contributed by atoms with Crippen molar-refractivity contribution in [1.82, 2.24) is 0 Å². The summed E-state index contributed by atoms with van der Waals surface area (Å²) >= 11 is 0. The van der Waals surface area contributed by atoms with Crippen LogP contribution in [0.3, 0.4) is 0 Å². The van der Waals surface area contributed by atoms with Gasteiger partial charge in [0.05, 0.1) is 0 Å². The standard InChI is InChI=1S/C8H14F4N2/c9-5-3(1-13)6(10)8(12)4(2-14)7(5)11/h3-8H,1-2,13-14H2. The summed E-state index contributed by atoms with van der Waals surface area (Å²) in [5.41, 5.74) is 10.1. The van der Waals surface area contributed by atoms with Crippen molar-refractivity contribution < 1.29 is 17.6 Å². The molecule has 0 aromatic carbocycles. The van der Waals surface area contributed by atoms with Crippen LogP contribution in [0.5, 0.6) is 0 Å². The highest BCUT2D eigenvalue weighted by Crippen LogP contribution is 2.36. The second-order valence-corrected chi connectivity index (χ2v) is 3.58. The molecule has 14 heavy (non-hydrogen) atoms. The molecule has 0 amide bonds. The Kier molecular flexibility index (Phi) is 3.71. The molecule has 0 saturated heterocycles. The van der Waals surface area contributed by atoms with Crippen molar-refractivity contribution in [2.24, 2.45) is 23.3 Å². The van der Waals surface area contributed by atoms with Crippen LogP contribution in [0, 0.1) is 11.8 Å². The summed E-state index contributed by atoms with van der Waals surface area (Å²) in [5.74, 6) is -2.80. The molecule has 1 fully saturated rings. The van der Waals surface area contributed by atoms with Gasteiger partial charge in [0.2, 0.25) is 0 Å². The van der Waals surface area contributed by atoms with Gasteiger partial charge in [-0.3, -0.25) is 0 Å². The van der Waals surface area contributed by atoms with E-state index in [4.69, 9.17) is 11.5 Å². The number of nitrogens with two attached hydrogens (primary N) is 2. The van der Waals surface area contributed by atoms with Gasteiger partial charge in [-0.2, -0.15) is 0 Å². The Labute approximate surface area is 79.6 Å². The van der Waals surface area contributed by atoms with E-state index < -0.39 is 49.6 Å². The molecule has 0 aromatic heterocycles. The molecule has 1 aliphatic rings. The molecule has 84 valence electrons. The van der Waals surface area contributed by atoms with Crippen molar-refractivity contribution in [2.75, 3.05) is 13.1 Å². The van der Waals surface area contributed by atoms with Crippen molar-refractivity contribution in [2.45, 2.75) is 24.7 Å². The Balaban J connectivity index is 2.81. The van der Waals surface area contributed by atoms with Gasteiger partial charge in [0.1, 0.15) is 24.7 Å². The zero-order valence-corrected chi connectivity index (χ0v) is 7.54. The van der Waals surface area contributed by atoms with Gasteiger partial charge in [0.15, 0.2) is 0 Å². The SMILES string of the molecule is NCC1C(F)C(F)C(CN)C(F)C1F. The van der Waals surface area contributed by atoms with E-state index in [0.717, 1.165) is 0 Å². The quantitative estimate of drug-likeness (QED) is 0.658. The summed E-state index contributed by atoms with van der Waals surface area (Å²) in [5, 5.41) is 0. The van der Waals surface area contributed by atoms with E-state index in [9.17, 15) is 17.6 Å². The van der Waals surface area contributed by atoms with E-state index in [-0.39, 0.29) is 0 Å². The smallest absolute Gasteiger partial charge is 0.138 e. The molecule has 0 aromatic rings. The van der Waals surface area contributed by atoms with Crippen LogP contribution in [0.15, 0.2) is 0 Å². The monoisotopic (exact) mass is 214 g/mol. The minimum absolute atomic E-state index is 0.402. The Morgan fingerprint density at radius 3 is 1.00 bits per heavy atom. The molecule has 2 nitrogen and oxygen atoms in total. The minimum Gasteiger partial charge on any atom is -0.330 e. The van der Waals surface area contributed by atoms with Gasteiger partial charge < -0.3 is 11.5 Å². The fourth-order valence-electron chi connectivity index (χ4n) is 1.82. The summed E-state index contributed by atoms with van der Waals surface area (Å²) in [6.45, 7) is -0.805. The fourth-order valence-corrected chi connectivity index (χ4v) is 1.82. The third-order valence-corrected chi connectivity index (χ3v) is 2.79. The number of hydrogen-bond donors (Lipinski definition) is 2. The summed E-state index contributed by atoms with van der Waals surface area (Å²) in [4.78, 5) is 0. The van der Waals surface area contributed by atoms with Crippen molar-refractivity contribution in [3.63, 3.8) is 0 Å². The second kappa shape index (κ2) is 4.44. The van der Waals surface area contributed by atoms with Crippen LogP contribution in [0.2, 0.25) is 0 Å². The third-order valence-electron chi connectivity index (χ3n) is 2.79. The first-order valence-electron chi connectivity index (χ1n) is 4.51. The molecule has 4 atom stereocenters. The molecule has 1 saturated carbocycles. The van der Waals surface area contributed by atoms with Gasteiger partial charge in [-0.25, -0.2) is 17.6 Å². The zero-order chi connectivity index (χ0) is 10.9. The number of alkyl halides is 4. The predicted molar refractivity (Wildman–Crippen MR) is 44.7 cm³/mol. The number of hydrogen-bond acceptors (Lipinski definition) is 2. The van der Waals surface area contributed by atoms with Crippen molar-refractivity contribution in [3.05, 3.63) is 0 Å². The van der Waals surface area contributed by atoms with E-state index in [0.29, 0.717) is 0 Å².